The van der Waals surface area contributed by atoms with Crippen LogP contribution in [0.2, 0.25) is 0 Å². The molecule has 3 rings (SSSR count). The fourth-order valence-electron chi connectivity index (χ4n) is 2.84. The van der Waals surface area contributed by atoms with E-state index in [9.17, 15) is 5.11 Å². The molecule has 0 fully saturated rings. The molecule has 3 aromatic carbocycles. The van der Waals surface area contributed by atoms with Crippen molar-refractivity contribution in [2.24, 2.45) is 0 Å². The minimum Gasteiger partial charge on any atom is -0.496 e. The summed E-state index contributed by atoms with van der Waals surface area (Å²) in [5.41, 5.74) is 2.75. The number of benzene rings is 3. The Balaban J connectivity index is 1.83. The minimum atomic E-state index is 0.0140. The van der Waals surface area contributed by atoms with Gasteiger partial charge < -0.3 is 24.6 Å². The average Bonchev–Trinajstić information content (AvgIpc) is 2.70. The number of hydrogen-bond acceptors (Lipinski definition) is 5. The molecule has 0 unspecified atom stereocenters. The van der Waals surface area contributed by atoms with E-state index in [1.54, 1.807) is 26.4 Å². The summed E-state index contributed by atoms with van der Waals surface area (Å²) >= 11 is 0. The molecule has 0 aliphatic heterocycles. The maximum absolute atomic E-state index is 9.27. The first-order chi connectivity index (χ1) is 13.2. The third-order valence-corrected chi connectivity index (χ3v) is 4.08. The predicted molar refractivity (Wildman–Crippen MR) is 107 cm³/mol. The Morgan fingerprint density at radius 1 is 0.778 bits per heavy atom. The van der Waals surface area contributed by atoms with Gasteiger partial charge in [0.1, 0.15) is 23.0 Å². The first-order valence-corrected chi connectivity index (χ1v) is 8.69. The lowest BCUT2D eigenvalue weighted by Crippen LogP contribution is -2.00. The van der Waals surface area contributed by atoms with Crippen molar-refractivity contribution >= 4 is 11.4 Å². The van der Waals surface area contributed by atoms with Crippen LogP contribution in [0.15, 0.2) is 66.7 Å². The lowest BCUT2D eigenvalue weighted by molar-refractivity contribution is 0.292. The largest absolute Gasteiger partial charge is 0.496 e. The van der Waals surface area contributed by atoms with Crippen LogP contribution in [-0.2, 0) is 6.42 Å². The zero-order chi connectivity index (χ0) is 19.1. The molecule has 3 aromatic rings. The lowest BCUT2D eigenvalue weighted by Gasteiger charge is -2.15. The van der Waals surface area contributed by atoms with Crippen LogP contribution in [0.3, 0.4) is 0 Å². The number of hydrogen-bond donors (Lipinski definition) is 2. The highest BCUT2D eigenvalue weighted by atomic mass is 16.5. The number of anilines is 2. The van der Waals surface area contributed by atoms with E-state index >= 15 is 0 Å². The Morgan fingerprint density at radius 3 is 2.07 bits per heavy atom. The van der Waals surface area contributed by atoms with Crippen molar-refractivity contribution in [3.63, 3.8) is 0 Å². The van der Waals surface area contributed by atoms with Crippen molar-refractivity contribution in [3.05, 3.63) is 72.3 Å². The molecule has 0 atom stereocenters. The normalized spacial score (nSPS) is 10.3. The SMILES string of the molecule is COc1cc(Oc2cccc(Nc3ccccc3)c2)cc(OC)c1CCO. The molecule has 0 amide bonds. The molecule has 0 saturated carbocycles. The molecule has 0 aliphatic carbocycles. The second kappa shape index (κ2) is 8.96. The summed E-state index contributed by atoms with van der Waals surface area (Å²) in [5.74, 6) is 2.53. The molecule has 27 heavy (non-hydrogen) atoms. The fraction of sp³-hybridized carbons (Fsp3) is 0.182. The molecule has 0 aromatic heterocycles. The van der Waals surface area contributed by atoms with Crippen LogP contribution < -0.4 is 19.5 Å². The molecule has 0 radical (unpaired) electrons. The molecule has 0 bridgehead atoms. The molecule has 0 saturated heterocycles. The van der Waals surface area contributed by atoms with Crippen LogP contribution in [0.5, 0.6) is 23.0 Å². The quantitative estimate of drug-likeness (QED) is 0.602. The smallest absolute Gasteiger partial charge is 0.134 e. The van der Waals surface area contributed by atoms with E-state index in [4.69, 9.17) is 14.2 Å². The van der Waals surface area contributed by atoms with Crippen LogP contribution in [0.1, 0.15) is 5.56 Å². The Labute approximate surface area is 159 Å². The second-order valence-corrected chi connectivity index (χ2v) is 5.90. The highest BCUT2D eigenvalue weighted by molar-refractivity contribution is 5.61. The lowest BCUT2D eigenvalue weighted by atomic mass is 10.1. The number of rotatable bonds is 8. The Bertz CT molecular complexity index is 855. The Hall–Kier alpha value is -3.18. The van der Waals surface area contributed by atoms with Crippen LogP contribution in [-0.4, -0.2) is 25.9 Å². The van der Waals surface area contributed by atoms with E-state index in [1.165, 1.54) is 0 Å². The number of ether oxygens (including phenoxy) is 3. The van der Waals surface area contributed by atoms with Gasteiger partial charge >= 0.3 is 0 Å². The summed E-state index contributed by atoms with van der Waals surface area (Å²) in [6, 6.07) is 21.3. The van der Waals surface area contributed by atoms with Crippen molar-refractivity contribution in [1.82, 2.24) is 0 Å². The number of nitrogens with one attached hydrogen (secondary N) is 1. The van der Waals surface area contributed by atoms with Gasteiger partial charge in [-0.1, -0.05) is 24.3 Å². The van der Waals surface area contributed by atoms with Gasteiger partial charge in [-0.2, -0.15) is 0 Å². The van der Waals surface area contributed by atoms with E-state index in [1.807, 2.05) is 54.6 Å². The Morgan fingerprint density at radius 2 is 1.44 bits per heavy atom. The van der Waals surface area contributed by atoms with Crippen molar-refractivity contribution < 1.29 is 19.3 Å². The molecule has 5 nitrogen and oxygen atoms in total. The van der Waals surface area contributed by atoms with Crippen molar-refractivity contribution in [2.75, 3.05) is 26.1 Å². The number of aliphatic hydroxyl groups is 1. The second-order valence-electron chi connectivity index (χ2n) is 5.90. The van der Waals surface area contributed by atoms with Gasteiger partial charge in [-0.3, -0.25) is 0 Å². The van der Waals surface area contributed by atoms with Gasteiger partial charge in [0.25, 0.3) is 0 Å². The highest BCUT2D eigenvalue weighted by Gasteiger charge is 2.13. The third kappa shape index (κ3) is 4.71. The number of methoxy groups -OCH3 is 2. The van der Waals surface area contributed by atoms with Gasteiger partial charge in [-0.15, -0.1) is 0 Å². The summed E-state index contributed by atoms with van der Waals surface area (Å²) in [6.45, 7) is 0.0140. The van der Waals surface area contributed by atoms with E-state index in [2.05, 4.69) is 5.32 Å². The van der Waals surface area contributed by atoms with E-state index < -0.39 is 0 Å². The number of para-hydroxylation sites is 1. The molecule has 140 valence electrons. The van der Waals surface area contributed by atoms with Crippen molar-refractivity contribution in [1.29, 1.82) is 0 Å². The fourth-order valence-corrected chi connectivity index (χ4v) is 2.84. The summed E-state index contributed by atoms with van der Waals surface area (Å²) in [6.07, 6.45) is 0.448. The Kier molecular flexibility index (Phi) is 6.18. The summed E-state index contributed by atoms with van der Waals surface area (Å²) in [5, 5.41) is 12.6. The van der Waals surface area contributed by atoms with Crippen molar-refractivity contribution in [2.45, 2.75) is 6.42 Å². The van der Waals surface area contributed by atoms with Gasteiger partial charge in [0, 0.05) is 48.2 Å². The maximum atomic E-state index is 9.27. The van der Waals surface area contributed by atoms with Crippen LogP contribution in [0.4, 0.5) is 11.4 Å². The highest BCUT2D eigenvalue weighted by Crippen LogP contribution is 2.36. The molecule has 5 heteroatoms. The minimum absolute atomic E-state index is 0.0140. The third-order valence-electron chi connectivity index (χ3n) is 4.08. The van der Waals surface area contributed by atoms with E-state index in [0.29, 0.717) is 29.4 Å². The maximum Gasteiger partial charge on any atom is 0.134 e. The standard InChI is InChI=1S/C22H23NO4/c1-25-21-14-19(15-22(26-2)20(21)11-12-24)27-18-10-6-9-17(13-18)23-16-7-4-3-5-8-16/h3-10,13-15,23-24H,11-12H2,1-2H3. The van der Waals surface area contributed by atoms with Crippen LogP contribution in [0, 0.1) is 0 Å². The molecular weight excluding hydrogens is 342 g/mol. The monoisotopic (exact) mass is 365 g/mol. The first-order valence-electron chi connectivity index (χ1n) is 8.69. The van der Waals surface area contributed by atoms with Gasteiger partial charge in [0.05, 0.1) is 14.2 Å². The van der Waals surface area contributed by atoms with Gasteiger partial charge in [-0.05, 0) is 24.3 Å². The summed E-state index contributed by atoms with van der Waals surface area (Å²) in [4.78, 5) is 0. The molecule has 2 N–H and O–H groups in total. The van der Waals surface area contributed by atoms with Gasteiger partial charge in [0.15, 0.2) is 0 Å². The van der Waals surface area contributed by atoms with E-state index in [-0.39, 0.29) is 6.61 Å². The topological polar surface area (TPSA) is 60.0 Å². The summed E-state index contributed by atoms with van der Waals surface area (Å²) in [7, 11) is 3.17. The number of aliphatic hydroxyl groups excluding tert-OH is 1. The average molecular weight is 365 g/mol. The summed E-state index contributed by atoms with van der Waals surface area (Å²) < 4.78 is 16.9. The molecular formula is C22H23NO4. The van der Waals surface area contributed by atoms with Gasteiger partial charge in [0.2, 0.25) is 0 Å². The molecule has 0 spiro atoms. The van der Waals surface area contributed by atoms with Crippen molar-refractivity contribution in [3.8, 4) is 23.0 Å². The van der Waals surface area contributed by atoms with Crippen LogP contribution in [0.25, 0.3) is 0 Å². The van der Waals surface area contributed by atoms with E-state index in [0.717, 1.165) is 16.9 Å². The van der Waals surface area contributed by atoms with Crippen LogP contribution >= 0.6 is 0 Å². The zero-order valence-electron chi connectivity index (χ0n) is 15.4. The molecule has 0 aliphatic rings. The predicted octanol–water partition coefficient (Wildman–Crippen LogP) is 4.77. The van der Waals surface area contributed by atoms with Gasteiger partial charge in [-0.25, -0.2) is 0 Å². The first kappa shape index (κ1) is 18.6. The zero-order valence-corrected chi connectivity index (χ0v) is 15.4. The molecule has 0 heterocycles.